The zero-order chi connectivity index (χ0) is 35.4. The fourth-order valence-corrected chi connectivity index (χ4v) is 6.66. The van der Waals surface area contributed by atoms with Crippen molar-refractivity contribution in [2.75, 3.05) is 26.7 Å². The monoisotopic (exact) mass is 663 g/mol. The van der Waals surface area contributed by atoms with Crippen LogP contribution in [0.2, 0.25) is 0 Å². The molecule has 0 saturated carbocycles. The van der Waals surface area contributed by atoms with Crippen LogP contribution in [0, 0.1) is 52.2 Å². The van der Waals surface area contributed by atoms with Crippen molar-refractivity contribution in [3.63, 3.8) is 0 Å². The van der Waals surface area contributed by atoms with Gasteiger partial charge in [-0.25, -0.2) is 13.8 Å². The molecule has 0 aliphatic carbocycles. The van der Waals surface area contributed by atoms with Crippen LogP contribution in [-0.4, -0.2) is 65.5 Å². The fraction of sp³-hybridized carbons (Fsp3) is 0.474. The highest BCUT2D eigenvalue weighted by Gasteiger charge is 2.29. The average molecular weight is 664 g/mol. The van der Waals surface area contributed by atoms with Gasteiger partial charge in [0.2, 0.25) is 0 Å². The smallest absolute Gasteiger partial charge is 0.304 e. The molecule has 0 bridgehead atoms. The molecule has 1 N–H and O–H groups in total. The molecule has 0 spiro atoms. The molecular weight excluding hydrogens is 616 g/mol. The van der Waals surface area contributed by atoms with Gasteiger partial charge in [0.25, 0.3) is 11.5 Å². The number of hydrogen-bond acceptors (Lipinski definition) is 5. The summed E-state index contributed by atoms with van der Waals surface area (Å²) < 4.78 is 37.5. The quantitative estimate of drug-likeness (QED) is 0.206. The maximum Gasteiger partial charge on any atom is 0.304 e. The highest BCUT2D eigenvalue weighted by atomic mass is 19.1. The van der Waals surface area contributed by atoms with Crippen LogP contribution in [0.4, 0.5) is 8.78 Å². The highest BCUT2D eigenvalue weighted by Crippen LogP contribution is 2.34. The second-order valence-corrected chi connectivity index (χ2v) is 13.6. The zero-order valence-corrected chi connectivity index (χ0v) is 29.2. The van der Waals surface area contributed by atoms with Crippen LogP contribution in [0.15, 0.2) is 40.2 Å². The number of halogens is 2. The third kappa shape index (κ3) is 8.33. The number of aliphatic imine (C=N–C) groups is 1. The largest absolute Gasteiger partial charge is 0.481 e. The summed E-state index contributed by atoms with van der Waals surface area (Å²) in [5.41, 5.74) is 5.11. The van der Waals surface area contributed by atoms with Crippen LogP contribution in [-0.2, 0) is 20.7 Å². The predicted octanol–water partition coefficient (Wildman–Crippen LogP) is 6.65. The number of aromatic nitrogens is 1. The molecule has 1 amide bonds. The summed E-state index contributed by atoms with van der Waals surface area (Å²) in [4.78, 5) is 45.3. The van der Waals surface area contributed by atoms with Crippen molar-refractivity contribution in [3.05, 3.63) is 91.4 Å². The van der Waals surface area contributed by atoms with Crippen molar-refractivity contribution in [3.8, 4) is 11.1 Å². The number of carboxylic acids is 1. The summed E-state index contributed by atoms with van der Waals surface area (Å²) in [6.45, 7) is 15.1. The number of ether oxygens (including phenoxy) is 1. The van der Waals surface area contributed by atoms with E-state index < -0.39 is 47.5 Å². The van der Waals surface area contributed by atoms with E-state index in [0.717, 1.165) is 51.7 Å². The number of pyridine rings is 1. The number of rotatable bonds is 13. The molecule has 258 valence electrons. The summed E-state index contributed by atoms with van der Waals surface area (Å²) in [5, 5.41) is 9.78. The van der Waals surface area contributed by atoms with Gasteiger partial charge < -0.3 is 14.4 Å². The molecule has 10 heteroatoms. The Bertz CT molecular complexity index is 1750. The van der Waals surface area contributed by atoms with Gasteiger partial charge >= 0.3 is 5.97 Å². The second-order valence-electron chi connectivity index (χ2n) is 13.6. The number of amides is 1. The Morgan fingerprint density at radius 1 is 1.02 bits per heavy atom. The lowest BCUT2D eigenvalue weighted by atomic mass is 9.87. The van der Waals surface area contributed by atoms with E-state index in [0.29, 0.717) is 24.1 Å². The van der Waals surface area contributed by atoms with Crippen molar-refractivity contribution in [2.45, 2.75) is 85.8 Å². The van der Waals surface area contributed by atoms with Gasteiger partial charge in [0.15, 0.2) is 5.82 Å². The number of carbonyl (C=O) groups is 2. The van der Waals surface area contributed by atoms with Gasteiger partial charge in [-0.2, -0.15) is 0 Å². The number of benzene rings is 2. The number of carbonyl (C=O) groups excluding carboxylic acids is 1. The van der Waals surface area contributed by atoms with Crippen molar-refractivity contribution in [1.29, 1.82) is 0 Å². The number of carboxylic acid groups (broad SMARTS) is 1. The molecule has 48 heavy (non-hydrogen) atoms. The van der Waals surface area contributed by atoms with E-state index >= 15 is 8.78 Å². The molecule has 1 fully saturated rings. The molecule has 2 aromatic carbocycles. The summed E-state index contributed by atoms with van der Waals surface area (Å²) in [6, 6.07) is 6.30. The van der Waals surface area contributed by atoms with Crippen LogP contribution in [0.25, 0.3) is 11.1 Å². The molecule has 4 rings (SSSR count). The zero-order valence-electron chi connectivity index (χ0n) is 29.2. The Labute approximate surface area is 281 Å². The van der Waals surface area contributed by atoms with E-state index in [1.165, 1.54) is 0 Å². The molecule has 1 aliphatic rings. The van der Waals surface area contributed by atoms with Gasteiger partial charge in [-0.1, -0.05) is 31.5 Å². The summed E-state index contributed by atoms with van der Waals surface area (Å²) in [5.74, 6) is -4.57. The van der Waals surface area contributed by atoms with Crippen molar-refractivity contribution < 1.29 is 28.2 Å². The first-order chi connectivity index (χ1) is 22.6. The number of hydrogen-bond donors (Lipinski definition) is 1. The average Bonchev–Trinajstić information content (AvgIpc) is 2.98. The molecule has 2 atom stereocenters. The number of aliphatic carboxylic acids is 1. The first kappa shape index (κ1) is 36.8. The lowest BCUT2D eigenvalue weighted by Gasteiger charge is -2.38. The third-order valence-corrected chi connectivity index (χ3v) is 9.22. The topological polar surface area (TPSA) is 101 Å². The Hall–Kier alpha value is -4.02. The van der Waals surface area contributed by atoms with E-state index in [-0.39, 0.29) is 29.6 Å². The standard InChI is InChI=1S/C38H47F2N3O5/c1-21(2)11-32(43-18-27(26(7)36(40)38(43)47)9-10-42-19-30(20-42)48-8)37(46)41-17-29(16-33(44)45)31-15-28(14-25(6)35(31)39)34-23(4)12-22(3)13-24(34)5/h12-15,17-18,21,29-30,32H,9-11,16,19-20H2,1-8H3,(H,44,45). The number of aryl methyl sites for hydroxylation is 4. The van der Waals surface area contributed by atoms with Gasteiger partial charge in [-0.15, -0.1) is 0 Å². The molecule has 2 heterocycles. The summed E-state index contributed by atoms with van der Waals surface area (Å²) in [7, 11) is 1.66. The van der Waals surface area contributed by atoms with Crippen LogP contribution in [0.3, 0.4) is 0 Å². The number of likely N-dealkylation sites (tertiary alicyclic amines) is 1. The predicted molar refractivity (Wildman–Crippen MR) is 184 cm³/mol. The minimum absolute atomic E-state index is 0.0616. The molecule has 1 saturated heterocycles. The first-order valence-corrected chi connectivity index (χ1v) is 16.4. The lowest BCUT2D eigenvalue weighted by molar-refractivity contribution is -0.137. The molecule has 1 aromatic heterocycles. The van der Waals surface area contributed by atoms with Gasteiger partial charge in [-0.05, 0) is 110 Å². The first-order valence-electron chi connectivity index (χ1n) is 16.4. The van der Waals surface area contributed by atoms with Crippen LogP contribution >= 0.6 is 0 Å². The minimum Gasteiger partial charge on any atom is -0.481 e. The number of nitrogens with zero attached hydrogens (tertiary/aromatic N) is 3. The fourth-order valence-electron chi connectivity index (χ4n) is 6.66. The minimum atomic E-state index is -1.19. The summed E-state index contributed by atoms with van der Waals surface area (Å²) in [6.07, 6.45) is 3.03. The maximum atomic E-state index is 15.7. The van der Waals surface area contributed by atoms with Gasteiger partial charge in [0.05, 0.1) is 12.5 Å². The Morgan fingerprint density at radius 2 is 1.67 bits per heavy atom. The van der Waals surface area contributed by atoms with E-state index in [1.807, 2.05) is 46.8 Å². The van der Waals surface area contributed by atoms with Crippen molar-refractivity contribution >= 4 is 18.1 Å². The third-order valence-electron chi connectivity index (χ3n) is 9.22. The Balaban J connectivity index is 1.71. The Morgan fingerprint density at radius 3 is 2.25 bits per heavy atom. The second kappa shape index (κ2) is 15.5. The Kier molecular flexibility index (Phi) is 11.9. The molecular formula is C38H47F2N3O5. The molecule has 8 nitrogen and oxygen atoms in total. The van der Waals surface area contributed by atoms with Crippen LogP contribution in [0.5, 0.6) is 0 Å². The molecule has 1 aliphatic heterocycles. The maximum absolute atomic E-state index is 15.7. The molecule has 3 aromatic rings. The van der Waals surface area contributed by atoms with Crippen LogP contribution < -0.4 is 5.56 Å². The lowest BCUT2D eigenvalue weighted by Crippen LogP contribution is -2.52. The SMILES string of the molecule is COC1CN(CCc2cn(C(CC(C)C)C(=O)N=CC(CC(=O)O)c3cc(-c4c(C)cc(C)cc4C)cc(C)c3F)c(=O)c(F)c2C)C1. The van der Waals surface area contributed by atoms with Crippen molar-refractivity contribution in [2.24, 2.45) is 10.9 Å². The van der Waals surface area contributed by atoms with Crippen LogP contribution in [0.1, 0.15) is 77.6 Å². The number of methoxy groups -OCH3 is 1. The van der Waals surface area contributed by atoms with Gasteiger partial charge in [-0.3, -0.25) is 19.3 Å². The molecule has 2 unspecified atom stereocenters. The van der Waals surface area contributed by atoms with Gasteiger partial charge in [0.1, 0.15) is 11.9 Å². The van der Waals surface area contributed by atoms with E-state index in [1.54, 1.807) is 39.3 Å². The highest BCUT2D eigenvalue weighted by molar-refractivity contribution is 5.91. The normalized spacial score (nSPS) is 15.2. The van der Waals surface area contributed by atoms with Gasteiger partial charge in [0, 0.05) is 45.1 Å². The van der Waals surface area contributed by atoms with E-state index in [9.17, 15) is 19.5 Å². The van der Waals surface area contributed by atoms with E-state index in [2.05, 4.69) is 9.89 Å². The van der Waals surface area contributed by atoms with Crippen molar-refractivity contribution in [1.82, 2.24) is 9.47 Å². The van der Waals surface area contributed by atoms with E-state index in [4.69, 9.17) is 4.74 Å². The molecule has 0 radical (unpaired) electrons. The summed E-state index contributed by atoms with van der Waals surface area (Å²) >= 11 is 0.